The molecule has 0 spiro atoms. The standard InChI is InChI=1S/C29H52N4O3/c1-27-7-6-22-21(23(27)18-24(26(27)35)32-13-9-30(3)10-14-32)17-25(33-15-11-31(4)12-16-33)29(36)19-20(34)5-8-28(22,29)2/h20-26,34-36H,5-19H2,1-4H3/t20?,21-,22-,23+,24?,25?,26?,27+,28-,29?/m1/s1. The van der Waals surface area contributed by atoms with Crippen LogP contribution in [0.2, 0.25) is 0 Å². The first-order valence-corrected chi connectivity index (χ1v) is 15.0. The van der Waals surface area contributed by atoms with Crippen molar-refractivity contribution in [3.05, 3.63) is 0 Å². The van der Waals surface area contributed by atoms with E-state index in [1.807, 2.05) is 0 Å². The number of piperazine rings is 2. The fraction of sp³-hybridized carbons (Fsp3) is 1.00. The van der Waals surface area contributed by atoms with Crippen molar-refractivity contribution >= 4 is 0 Å². The van der Waals surface area contributed by atoms with Crippen LogP contribution in [0, 0.1) is 28.6 Å². The van der Waals surface area contributed by atoms with E-state index in [0.717, 1.165) is 90.9 Å². The molecule has 0 bridgehead atoms. The Hall–Kier alpha value is -0.280. The third kappa shape index (κ3) is 3.78. The lowest BCUT2D eigenvalue weighted by molar-refractivity contribution is -0.253. The summed E-state index contributed by atoms with van der Waals surface area (Å²) < 4.78 is 0. The van der Waals surface area contributed by atoms with Crippen molar-refractivity contribution in [1.82, 2.24) is 19.6 Å². The molecule has 0 aromatic carbocycles. The van der Waals surface area contributed by atoms with Gasteiger partial charge in [0, 0.05) is 76.3 Å². The number of aliphatic hydroxyl groups is 3. The summed E-state index contributed by atoms with van der Waals surface area (Å²) in [5, 5.41) is 35.2. The van der Waals surface area contributed by atoms with Gasteiger partial charge in [0.15, 0.2) is 0 Å². The molecule has 4 saturated carbocycles. The summed E-state index contributed by atoms with van der Waals surface area (Å²) in [6.07, 6.45) is 5.92. The van der Waals surface area contributed by atoms with Gasteiger partial charge in [-0.1, -0.05) is 13.8 Å². The molecule has 36 heavy (non-hydrogen) atoms. The van der Waals surface area contributed by atoms with Crippen LogP contribution in [0.1, 0.15) is 58.8 Å². The van der Waals surface area contributed by atoms with Gasteiger partial charge in [0.25, 0.3) is 0 Å². The number of hydrogen-bond acceptors (Lipinski definition) is 7. The van der Waals surface area contributed by atoms with Crippen molar-refractivity contribution in [2.45, 2.75) is 88.7 Å². The largest absolute Gasteiger partial charge is 0.393 e. The molecular formula is C29H52N4O3. The smallest absolute Gasteiger partial charge is 0.0882 e. The van der Waals surface area contributed by atoms with Gasteiger partial charge in [-0.3, -0.25) is 9.80 Å². The predicted molar refractivity (Wildman–Crippen MR) is 142 cm³/mol. The first kappa shape index (κ1) is 26.0. The third-order valence-corrected chi connectivity index (χ3v) is 12.8. The Morgan fingerprint density at radius 2 is 1.33 bits per heavy atom. The maximum Gasteiger partial charge on any atom is 0.0882 e. The summed E-state index contributed by atoms with van der Waals surface area (Å²) in [5.41, 5.74) is -1.02. The lowest BCUT2D eigenvalue weighted by Crippen LogP contribution is -2.73. The second-order valence-corrected chi connectivity index (χ2v) is 14.3. The molecule has 7 heteroatoms. The number of nitrogens with zero attached hydrogens (tertiary/aromatic N) is 4. The molecule has 0 amide bonds. The highest BCUT2D eigenvalue weighted by atomic mass is 16.3. The predicted octanol–water partition coefficient (Wildman–Crippen LogP) is 1.32. The number of rotatable bonds is 2. The van der Waals surface area contributed by atoms with Crippen LogP contribution in [-0.4, -0.2) is 131 Å². The van der Waals surface area contributed by atoms with Crippen LogP contribution in [0.15, 0.2) is 0 Å². The Morgan fingerprint density at radius 1 is 0.722 bits per heavy atom. The molecule has 4 aliphatic carbocycles. The summed E-state index contributed by atoms with van der Waals surface area (Å²) in [5.74, 6) is 1.54. The van der Waals surface area contributed by atoms with Crippen molar-refractivity contribution in [3.63, 3.8) is 0 Å². The van der Waals surface area contributed by atoms with Gasteiger partial charge in [-0.15, -0.1) is 0 Å². The normalized spacial score (nSPS) is 53.6. The van der Waals surface area contributed by atoms with E-state index in [1.165, 1.54) is 0 Å². The van der Waals surface area contributed by atoms with E-state index < -0.39 is 11.7 Å². The fourth-order valence-electron chi connectivity index (χ4n) is 10.3. The molecule has 0 aromatic heterocycles. The zero-order valence-corrected chi connectivity index (χ0v) is 23.3. The molecule has 2 saturated heterocycles. The molecule has 0 aromatic rings. The van der Waals surface area contributed by atoms with Crippen molar-refractivity contribution < 1.29 is 15.3 Å². The number of likely N-dealkylation sites (N-methyl/N-ethyl adjacent to an activating group) is 2. The lowest BCUT2D eigenvalue weighted by atomic mass is 9.42. The highest BCUT2D eigenvalue weighted by Crippen LogP contribution is 2.68. The first-order chi connectivity index (χ1) is 17.1. The van der Waals surface area contributed by atoms with Gasteiger partial charge < -0.3 is 25.1 Å². The highest BCUT2D eigenvalue weighted by molar-refractivity contribution is 5.20. The van der Waals surface area contributed by atoms with Crippen molar-refractivity contribution in [2.75, 3.05) is 66.5 Å². The summed E-state index contributed by atoms with van der Waals surface area (Å²) in [4.78, 5) is 9.98. The van der Waals surface area contributed by atoms with E-state index in [-0.39, 0.29) is 29.0 Å². The van der Waals surface area contributed by atoms with Gasteiger partial charge in [0.05, 0.1) is 17.8 Å². The number of hydrogen-bond donors (Lipinski definition) is 3. The summed E-state index contributed by atoms with van der Waals surface area (Å²) in [7, 11) is 4.40. The molecule has 10 atom stereocenters. The number of fused-ring (bicyclic) bond motifs is 5. The molecule has 5 unspecified atom stereocenters. The van der Waals surface area contributed by atoms with Crippen LogP contribution in [0.4, 0.5) is 0 Å². The van der Waals surface area contributed by atoms with Crippen LogP contribution < -0.4 is 0 Å². The van der Waals surface area contributed by atoms with Crippen LogP contribution in [-0.2, 0) is 0 Å². The molecule has 2 heterocycles. The molecule has 3 N–H and O–H groups in total. The minimum Gasteiger partial charge on any atom is -0.393 e. The van der Waals surface area contributed by atoms with E-state index in [2.05, 4.69) is 47.5 Å². The lowest BCUT2D eigenvalue weighted by Gasteiger charge is -2.67. The molecule has 7 nitrogen and oxygen atoms in total. The van der Waals surface area contributed by atoms with Crippen molar-refractivity contribution in [1.29, 1.82) is 0 Å². The monoisotopic (exact) mass is 504 g/mol. The van der Waals surface area contributed by atoms with Gasteiger partial charge in [0.2, 0.25) is 0 Å². The van der Waals surface area contributed by atoms with Gasteiger partial charge in [0.1, 0.15) is 0 Å². The fourth-order valence-corrected chi connectivity index (χ4v) is 10.3. The summed E-state index contributed by atoms with van der Waals surface area (Å²) >= 11 is 0. The van der Waals surface area contributed by atoms with Gasteiger partial charge >= 0.3 is 0 Å². The van der Waals surface area contributed by atoms with Crippen LogP contribution in [0.5, 0.6) is 0 Å². The van der Waals surface area contributed by atoms with E-state index in [1.54, 1.807) is 0 Å². The van der Waals surface area contributed by atoms with Crippen molar-refractivity contribution in [2.24, 2.45) is 28.6 Å². The zero-order valence-electron chi connectivity index (χ0n) is 23.3. The molecule has 206 valence electrons. The molecule has 6 rings (SSSR count). The Kier molecular flexibility index (Phi) is 6.59. The van der Waals surface area contributed by atoms with Crippen LogP contribution in [0.3, 0.4) is 0 Å². The van der Waals surface area contributed by atoms with Gasteiger partial charge in [-0.25, -0.2) is 0 Å². The minimum atomic E-state index is -0.830. The molecule has 6 aliphatic rings. The summed E-state index contributed by atoms with van der Waals surface area (Å²) in [6, 6.07) is 0.380. The average Bonchev–Trinajstić information content (AvgIpc) is 3.12. The Morgan fingerprint density at radius 3 is 1.97 bits per heavy atom. The Bertz CT molecular complexity index is 814. The summed E-state index contributed by atoms with van der Waals surface area (Å²) in [6.45, 7) is 13.2. The molecule has 2 aliphatic heterocycles. The average molecular weight is 505 g/mol. The maximum absolute atomic E-state index is 12.6. The molecule has 6 fully saturated rings. The van der Waals surface area contributed by atoms with E-state index in [4.69, 9.17) is 0 Å². The van der Waals surface area contributed by atoms with Crippen LogP contribution in [0.25, 0.3) is 0 Å². The highest BCUT2D eigenvalue weighted by Gasteiger charge is 2.69. The maximum atomic E-state index is 12.6. The van der Waals surface area contributed by atoms with Gasteiger partial charge in [-0.2, -0.15) is 0 Å². The quantitative estimate of drug-likeness (QED) is 0.524. The third-order valence-electron chi connectivity index (χ3n) is 12.8. The first-order valence-electron chi connectivity index (χ1n) is 15.0. The molecule has 0 radical (unpaired) electrons. The second kappa shape index (κ2) is 9.14. The van der Waals surface area contributed by atoms with Crippen LogP contribution >= 0.6 is 0 Å². The van der Waals surface area contributed by atoms with Crippen molar-refractivity contribution in [3.8, 4) is 0 Å². The van der Waals surface area contributed by atoms with E-state index in [9.17, 15) is 15.3 Å². The Balaban J connectivity index is 1.32. The Labute approximate surface area is 218 Å². The SMILES string of the molecule is CN1CCN(C2C[C@H]3[C@@H]4CC(N5CCN(C)CC5)C5(O)CC(O)CC[C@]5(C)[C@@H]4CC[C@]3(C)C2O)CC1. The van der Waals surface area contributed by atoms with E-state index >= 15 is 0 Å². The minimum absolute atomic E-state index is 0.0259. The molecular weight excluding hydrogens is 452 g/mol. The second-order valence-electron chi connectivity index (χ2n) is 14.3. The van der Waals surface area contributed by atoms with Gasteiger partial charge in [-0.05, 0) is 75.8 Å². The number of aliphatic hydroxyl groups excluding tert-OH is 2. The zero-order chi connectivity index (χ0) is 25.5. The topological polar surface area (TPSA) is 73.7 Å². The van der Waals surface area contributed by atoms with E-state index in [0.29, 0.717) is 24.2 Å².